The third kappa shape index (κ3) is 5.67. The molecule has 0 spiro atoms. The average Bonchev–Trinajstić information content (AvgIpc) is 3.27. The molecule has 0 aliphatic carbocycles. The molecule has 212 valence electrons. The number of amides is 4. The van der Waals surface area contributed by atoms with Crippen LogP contribution in [0, 0.1) is 18.6 Å². The number of hydrogen-bond acceptors (Lipinski definition) is 7. The number of nitrogens with one attached hydrogen (secondary N) is 2. The van der Waals surface area contributed by atoms with Gasteiger partial charge >= 0.3 is 6.09 Å². The first-order valence-electron chi connectivity index (χ1n) is 12.7. The van der Waals surface area contributed by atoms with Gasteiger partial charge in [-0.15, -0.1) is 0 Å². The molecule has 41 heavy (non-hydrogen) atoms. The third-order valence-electron chi connectivity index (χ3n) is 6.84. The number of nitrogens with zero attached hydrogens (tertiary/aromatic N) is 1. The summed E-state index contributed by atoms with van der Waals surface area (Å²) in [6.45, 7) is 1.57. The molecular formula is C29H25F2N3O7. The lowest BCUT2D eigenvalue weighted by Gasteiger charge is -2.29. The maximum atomic E-state index is 13.5. The summed E-state index contributed by atoms with van der Waals surface area (Å²) in [5, 5.41) is 4.84. The molecule has 10 nitrogen and oxygen atoms in total. The summed E-state index contributed by atoms with van der Waals surface area (Å²) in [4.78, 5) is 50.9. The van der Waals surface area contributed by atoms with Crippen molar-refractivity contribution < 1.29 is 42.2 Å². The van der Waals surface area contributed by atoms with Crippen molar-refractivity contribution in [3.8, 4) is 17.2 Å². The minimum Gasteiger partial charge on any atom is -0.495 e. The van der Waals surface area contributed by atoms with Gasteiger partial charge in [0, 0.05) is 30.3 Å². The highest BCUT2D eigenvalue weighted by atomic mass is 19.2. The number of aryl methyl sites for hydroxylation is 1. The fourth-order valence-electron chi connectivity index (χ4n) is 4.78. The molecule has 2 heterocycles. The molecule has 5 rings (SSSR count). The van der Waals surface area contributed by atoms with E-state index in [1.807, 2.05) is 0 Å². The summed E-state index contributed by atoms with van der Waals surface area (Å²) in [6, 6.07) is 10.8. The van der Waals surface area contributed by atoms with Crippen molar-refractivity contribution in [3.05, 3.63) is 82.4 Å². The Morgan fingerprint density at radius 2 is 1.80 bits per heavy atom. The minimum atomic E-state index is -1.03. The van der Waals surface area contributed by atoms with Crippen molar-refractivity contribution in [3.63, 3.8) is 0 Å². The molecule has 2 aliphatic heterocycles. The highest BCUT2D eigenvalue weighted by Gasteiger charge is 2.41. The van der Waals surface area contributed by atoms with Crippen molar-refractivity contribution in [1.82, 2.24) is 10.2 Å². The first-order valence-corrected chi connectivity index (χ1v) is 12.7. The average molecular weight is 566 g/mol. The molecule has 1 unspecified atom stereocenters. The Hall–Kier alpha value is -5.00. The van der Waals surface area contributed by atoms with Crippen molar-refractivity contribution in [2.45, 2.75) is 39.0 Å². The van der Waals surface area contributed by atoms with Crippen molar-refractivity contribution in [2.75, 3.05) is 12.4 Å². The largest absolute Gasteiger partial charge is 0.495 e. The van der Waals surface area contributed by atoms with Crippen molar-refractivity contribution in [2.24, 2.45) is 0 Å². The number of anilines is 1. The molecule has 1 atom stereocenters. The van der Waals surface area contributed by atoms with E-state index >= 15 is 0 Å². The summed E-state index contributed by atoms with van der Waals surface area (Å²) < 4.78 is 43.3. The number of rotatable bonds is 7. The van der Waals surface area contributed by atoms with Crippen LogP contribution in [-0.2, 0) is 27.5 Å². The van der Waals surface area contributed by atoms with Gasteiger partial charge in [-0.05, 0) is 54.8 Å². The number of ether oxygens (including phenoxy) is 3. The van der Waals surface area contributed by atoms with Crippen LogP contribution >= 0.6 is 0 Å². The van der Waals surface area contributed by atoms with E-state index in [0.29, 0.717) is 28.1 Å². The number of hydrogen-bond donors (Lipinski definition) is 2. The van der Waals surface area contributed by atoms with Gasteiger partial charge in [-0.25, -0.2) is 13.6 Å². The Labute approximate surface area is 233 Å². The van der Waals surface area contributed by atoms with Gasteiger partial charge in [0.1, 0.15) is 29.9 Å². The van der Waals surface area contributed by atoms with E-state index in [0.717, 1.165) is 12.1 Å². The lowest BCUT2D eigenvalue weighted by molar-refractivity contribution is -0.136. The van der Waals surface area contributed by atoms with Crippen LogP contribution in [0.5, 0.6) is 17.2 Å². The Morgan fingerprint density at radius 1 is 1.07 bits per heavy atom. The summed E-state index contributed by atoms with van der Waals surface area (Å²) in [7, 11) is 1.40. The van der Waals surface area contributed by atoms with E-state index in [9.17, 15) is 28.0 Å². The lowest BCUT2D eigenvalue weighted by Crippen LogP contribution is -2.52. The highest BCUT2D eigenvalue weighted by Crippen LogP contribution is 2.36. The van der Waals surface area contributed by atoms with E-state index in [1.54, 1.807) is 43.3 Å². The van der Waals surface area contributed by atoms with E-state index < -0.39 is 35.6 Å². The van der Waals surface area contributed by atoms with Gasteiger partial charge in [-0.2, -0.15) is 0 Å². The van der Waals surface area contributed by atoms with Crippen LogP contribution in [0.15, 0.2) is 48.5 Å². The first-order chi connectivity index (χ1) is 19.6. The topological polar surface area (TPSA) is 123 Å². The van der Waals surface area contributed by atoms with Crippen molar-refractivity contribution in [1.29, 1.82) is 0 Å². The third-order valence-corrected chi connectivity index (χ3v) is 6.84. The molecule has 2 N–H and O–H groups in total. The second-order valence-corrected chi connectivity index (χ2v) is 9.55. The number of fused-ring (bicyclic) bond motifs is 1. The van der Waals surface area contributed by atoms with Crippen molar-refractivity contribution >= 4 is 29.5 Å². The monoisotopic (exact) mass is 565 g/mol. The number of benzene rings is 3. The van der Waals surface area contributed by atoms with Crippen LogP contribution in [0.1, 0.15) is 39.9 Å². The normalized spacial score (nSPS) is 16.2. The molecular weight excluding hydrogens is 540 g/mol. The molecule has 0 saturated carbocycles. The van der Waals surface area contributed by atoms with Gasteiger partial charge in [-0.1, -0.05) is 12.1 Å². The van der Waals surface area contributed by atoms with Crippen LogP contribution < -0.4 is 20.1 Å². The zero-order chi connectivity index (χ0) is 29.3. The van der Waals surface area contributed by atoms with Gasteiger partial charge in [0.15, 0.2) is 11.6 Å². The fraction of sp³-hybridized carbons (Fsp3) is 0.241. The summed E-state index contributed by atoms with van der Waals surface area (Å²) in [5.41, 5.74) is 2.20. The Kier molecular flexibility index (Phi) is 7.56. The summed E-state index contributed by atoms with van der Waals surface area (Å²) in [5.74, 6) is -2.54. The quantitative estimate of drug-likeness (QED) is 0.402. The number of carbonyl (C=O) groups is 4. The first kappa shape index (κ1) is 27.6. The van der Waals surface area contributed by atoms with Crippen LogP contribution in [0.4, 0.5) is 19.3 Å². The van der Waals surface area contributed by atoms with E-state index in [1.165, 1.54) is 12.0 Å². The molecule has 1 saturated heterocycles. The van der Waals surface area contributed by atoms with Gasteiger partial charge in [0.25, 0.3) is 5.91 Å². The Bertz CT molecular complexity index is 1560. The standard InChI is InChI=1S/C29H25F2N3O7/c1-15-11-20(30)21(31)12-23(15)41-19-7-5-18(6-8-19)32-29(38)40-14-17-4-3-16-13-34(28(37)25(16)26(17)39-2)22-9-10-24(35)33-27(22)36/h3-8,11-12,22H,9-10,13-14H2,1-2H3,(H,32,38)(H,33,35,36). The van der Waals surface area contributed by atoms with Gasteiger partial charge in [0.2, 0.25) is 11.8 Å². The molecule has 3 aromatic carbocycles. The lowest BCUT2D eigenvalue weighted by atomic mass is 10.0. The van der Waals surface area contributed by atoms with Crippen LogP contribution in [0.3, 0.4) is 0 Å². The van der Waals surface area contributed by atoms with Gasteiger partial charge in [0.05, 0.1) is 12.7 Å². The highest BCUT2D eigenvalue weighted by molar-refractivity contribution is 6.06. The number of methoxy groups -OCH3 is 1. The smallest absolute Gasteiger partial charge is 0.411 e. The molecule has 4 amide bonds. The van der Waals surface area contributed by atoms with E-state index in [-0.39, 0.29) is 49.0 Å². The Balaban J connectivity index is 1.21. The zero-order valence-corrected chi connectivity index (χ0v) is 22.1. The molecule has 12 heteroatoms. The Morgan fingerprint density at radius 3 is 2.51 bits per heavy atom. The molecule has 2 aliphatic rings. The van der Waals surface area contributed by atoms with Crippen LogP contribution in [0.25, 0.3) is 0 Å². The predicted molar refractivity (Wildman–Crippen MR) is 140 cm³/mol. The second-order valence-electron chi connectivity index (χ2n) is 9.55. The molecule has 0 bridgehead atoms. The molecule has 1 fully saturated rings. The van der Waals surface area contributed by atoms with E-state index in [4.69, 9.17) is 14.2 Å². The van der Waals surface area contributed by atoms with Gasteiger partial charge in [-0.3, -0.25) is 25.0 Å². The van der Waals surface area contributed by atoms with Crippen LogP contribution in [0.2, 0.25) is 0 Å². The summed E-state index contributed by atoms with van der Waals surface area (Å²) >= 11 is 0. The maximum Gasteiger partial charge on any atom is 0.411 e. The minimum absolute atomic E-state index is 0.144. The molecule has 0 aromatic heterocycles. The maximum absolute atomic E-state index is 13.5. The number of piperidine rings is 1. The second kappa shape index (κ2) is 11.2. The number of carbonyl (C=O) groups excluding carboxylic acids is 4. The predicted octanol–water partition coefficient (Wildman–Crippen LogP) is 4.58. The number of halogens is 2. The molecule has 3 aromatic rings. The summed E-state index contributed by atoms with van der Waals surface area (Å²) in [6.07, 6.45) is -0.388. The van der Waals surface area contributed by atoms with E-state index in [2.05, 4.69) is 10.6 Å². The number of imide groups is 1. The fourth-order valence-corrected chi connectivity index (χ4v) is 4.78. The molecule has 0 radical (unpaired) electrons. The van der Waals surface area contributed by atoms with Gasteiger partial charge < -0.3 is 19.1 Å². The zero-order valence-electron chi connectivity index (χ0n) is 22.1. The SMILES string of the molecule is COc1c(COC(=O)Nc2ccc(Oc3cc(F)c(F)cc3C)cc2)ccc2c1C(=O)N(C1CCC(=O)NC1=O)C2. The van der Waals surface area contributed by atoms with Crippen LogP contribution in [-0.4, -0.2) is 41.9 Å².